The van der Waals surface area contributed by atoms with E-state index in [2.05, 4.69) is 43.4 Å². The van der Waals surface area contributed by atoms with Crippen LogP contribution in [0.25, 0.3) is 0 Å². The molecular formula is C10H9BrN2S. The highest BCUT2D eigenvalue weighted by Crippen LogP contribution is 2.25. The van der Waals surface area contributed by atoms with Crippen molar-refractivity contribution in [3.63, 3.8) is 0 Å². The summed E-state index contributed by atoms with van der Waals surface area (Å²) in [6.45, 7) is 0. The molecule has 2 nitrogen and oxygen atoms in total. The number of hydrogen-bond acceptors (Lipinski definition) is 3. The fourth-order valence-electron chi connectivity index (χ4n) is 1.17. The monoisotopic (exact) mass is 268 g/mol. The van der Waals surface area contributed by atoms with Crippen molar-refractivity contribution in [1.29, 1.82) is 0 Å². The van der Waals surface area contributed by atoms with Gasteiger partial charge >= 0.3 is 0 Å². The van der Waals surface area contributed by atoms with Crippen LogP contribution in [0.1, 0.15) is 15.5 Å². The number of thiophene rings is 1. The zero-order valence-electron chi connectivity index (χ0n) is 7.43. The fourth-order valence-corrected chi connectivity index (χ4v) is 2.72. The summed E-state index contributed by atoms with van der Waals surface area (Å²) in [4.78, 5) is 9.97. The van der Waals surface area contributed by atoms with Gasteiger partial charge in [-0.05, 0) is 17.5 Å². The zero-order chi connectivity index (χ0) is 9.80. The molecule has 14 heavy (non-hydrogen) atoms. The van der Waals surface area contributed by atoms with Crippen LogP contribution in [0, 0.1) is 0 Å². The summed E-state index contributed by atoms with van der Waals surface area (Å²) in [5.41, 5.74) is 0. The second-order valence-corrected chi connectivity index (χ2v) is 5.00. The van der Waals surface area contributed by atoms with E-state index in [4.69, 9.17) is 0 Å². The molecule has 0 amide bonds. The van der Waals surface area contributed by atoms with Crippen LogP contribution in [0.2, 0.25) is 0 Å². The zero-order valence-corrected chi connectivity index (χ0v) is 9.83. The standard InChI is InChI=1S/C10H9BrN2S/c11-9(7-8-3-1-6-14-8)10-12-4-2-5-13-10/h1-6,9H,7H2. The molecule has 2 aromatic rings. The normalized spacial score (nSPS) is 12.6. The summed E-state index contributed by atoms with van der Waals surface area (Å²) >= 11 is 5.35. The van der Waals surface area contributed by atoms with Crippen LogP contribution in [0.3, 0.4) is 0 Å². The van der Waals surface area contributed by atoms with Crippen LogP contribution in [0.4, 0.5) is 0 Å². The summed E-state index contributed by atoms with van der Waals surface area (Å²) in [6, 6.07) is 6.02. The maximum absolute atomic E-state index is 4.21. The first-order chi connectivity index (χ1) is 6.86. The van der Waals surface area contributed by atoms with E-state index >= 15 is 0 Å². The third kappa shape index (κ3) is 2.39. The van der Waals surface area contributed by atoms with Gasteiger partial charge in [0.25, 0.3) is 0 Å². The molecule has 2 heterocycles. The van der Waals surface area contributed by atoms with Gasteiger partial charge in [0, 0.05) is 23.7 Å². The third-order valence-electron chi connectivity index (χ3n) is 1.83. The fraction of sp³-hybridized carbons (Fsp3) is 0.200. The number of hydrogen-bond donors (Lipinski definition) is 0. The smallest absolute Gasteiger partial charge is 0.142 e. The van der Waals surface area contributed by atoms with Crippen molar-refractivity contribution in [2.45, 2.75) is 11.2 Å². The van der Waals surface area contributed by atoms with Gasteiger partial charge in [-0.25, -0.2) is 9.97 Å². The Morgan fingerprint density at radius 3 is 2.71 bits per heavy atom. The third-order valence-corrected chi connectivity index (χ3v) is 3.46. The van der Waals surface area contributed by atoms with Gasteiger partial charge in [0.15, 0.2) is 0 Å². The van der Waals surface area contributed by atoms with Crippen LogP contribution in [0.5, 0.6) is 0 Å². The molecule has 2 aromatic heterocycles. The van der Waals surface area contributed by atoms with Gasteiger partial charge in [-0.15, -0.1) is 11.3 Å². The van der Waals surface area contributed by atoms with Crippen molar-refractivity contribution in [1.82, 2.24) is 9.97 Å². The van der Waals surface area contributed by atoms with E-state index in [0.29, 0.717) is 0 Å². The predicted octanol–water partition coefficient (Wildman–Crippen LogP) is 3.22. The highest BCUT2D eigenvalue weighted by Gasteiger charge is 2.10. The summed E-state index contributed by atoms with van der Waals surface area (Å²) in [6.07, 6.45) is 4.48. The first kappa shape index (κ1) is 9.80. The largest absolute Gasteiger partial charge is 0.240 e. The van der Waals surface area contributed by atoms with Crippen LogP contribution >= 0.6 is 27.3 Å². The molecule has 4 heteroatoms. The van der Waals surface area contributed by atoms with E-state index in [1.165, 1.54) is 4.88 Å². The molecule has 0 N–H and O–H groups in total. The Morgan fingerprint density at radius 1 is 1.29 bits per heavy atom. The number of alkyl halides is 1. The molecule has 0 radical (unpaired) electrons. The first-order valence-electron chi connectivity index (χ1n) is 4.29. The molecule has 72 valence electrons. The van der Waals surface area contributed by atoms with E-state index in [0.717, 1.165) is 12.2 Å². The molecule has 1 atom stereocenters. The summed E-state index contributed by atoms with van der Waals surface area (Å²) < 4.78 is 0. The Kier molecular flexibility index (Phi) is 3.26. The summed E-state index contributed by atoms with van der Waals surface area (Å²) in [7, 11) is 0. The lowest BCUT2D eigenvalue weighted by Crippen LogP contribution is -1.99. The Labute approximate surface area is 95.2 Å². The minimum atomic E-state index is 0.211. The molecule has 0 aliphatic rings. The number of aromatic nitrogens is 2. The van der Waals surface area contributed by atoms with Crippen LogP contribution in [-0.4, -0.2) is 9.97 Å². The second-order valence-electron chi connectivity index (χ2n) is 2.86. The number of rotatable bonds is 3. The molecule has 0 fully saturated rings. The SMILES string of the molecule is BrC(Cc1cccs1)c1ncccn1. The Balaban J connectivity index is 2.07. The average molecular weight is 269 g/mol. The Bertz CT molecular complexity index is 374. The lowest BCUT2D eigenvalue weighted by atomic mass is 10.2. The van der Waals surface area contributed by atoms with E-state index in [9.17, 15) is 0 Å². The highest BCUT2D eigenvalue weighted by atomic mass is 79.9. The minimum Gasteiger partial charge on any atom is -0.240 e. The van der Waals surface area contributed by atoms with Gasteiger partial charge in [0.1, 0.15) is 5.82 Å². The van der Waals surface area contributed by atoms with Crippen molar-refractivity contribution in [2.24, 2.45) is 0 Å². The molecule has 0 spiro atoms. The van der Waals surface area contributed by atoms with Gasteiger partial charge in [0.2, 0.25) is 0 Å². The molecule has 0 saturated heterocycles. The Hall–Kier alpha value is -0.740. The van der Waals surface area contributed by atoms with E-state index in [1.807, 2.05) is 6.07 Å². The first-order valence-corrected chi connectivity index (χ1v) is 6.09. The molecule has 0 saturated carbocycles. The molecule has 0 aliphatic carbocycles. The maximum atomic E-state index is 4.21. The minimum absolute atomic E-state index is 0.211. The molecular weight excluding hydrogens is 260 g/mol. The Morgan fingerprint density at radius 2 is 2.07 bits per heavy atom. The van der Waals surface area contributed by atoms with Crippen molar-refractivity contribution in [3.05, 3.63) is 46.7 Å². The lowest BCUT2D eigenvalue weighted by Gasteiger charge is -2.05. The lowest BCUT2D eigenvalue weighted by molar-refractivity contribution is 0.859. The van der Waals surface area contributed by atoms with Gasteiger partial charge in [-0.3, -0.25) is 0 Å². The van der Waals surface area contributed by atoms with Crippen molar-refractivity contribution < 1.29 is 0 Å². The summed E-state index contributed by atoms with van der Waals surface area (Å²) in [5.74, 6) is 0.848. The average Bonchev–Trinajstić information content (AvgIpc) is 2.72. The molecule has 0 bridgehead atoms. The quantitative estimate of drug-likeness (QED) is 0.799. The van der Waals surface area contributed by atoms with E-state index in [1.54, 1.807) is 23.7 Å². The van der Waals surface area contributed by atoms with Crippen LogP contribution < -0.4 is 0 Å². The molecule has 1 unspecified atom stereocenters. The van der Waals surface area contributed by atoms with Crippen molar-refractivity contribution in [2.75, 3.05) is 0 Å². The van der Waals surface area contributed by atoms with Gasteiger partial charge < -0.3 is 0 Å². The molecule has 2 rings (SSSR count). The van der Waals surface area contributed by atoms with Gasteiger partial charge in [-0.2, -0.15) is 0 Å². The topological polar surface area (TPSA) is 25.8 Å². The van der Waals surface area contributed by atoms with Gasteiger partial charge in [-0.1, -0.05) is 22.0 Å². The van der Waals surface area contributed by atoms with E-state index in [-0.39, 0.29) is 4.83 Å². The predicted molar refractivity (Wildman–Crippen MR) is 61.7 cm³/mol. The number of halogens is 1. The molecule has 0 aromatic carbocycles. The van der Waals surface area contributed by atoms with Crippen LogP contribution in [0.15, 0.2) is 36.0 Å². The van der Waals surface area contributed by atoms with Crippen molar-refractivity contribution >= 4 is 27.3 Å². The summed E-state index contributed by atoms with van der Waals surface area (Å²) in [5, 5.41) is 2.08. The van der Waals surface area contributed by atoms with E-state index < -0.39 is 0 Å². The van der Waals surface area contributed by atoms with Gasteiger partial charge in [0.05, 0.1) is 4.83 Å². The number of nitrogens with zero attached hydrogens (tertiary/aromatic N) is 2. The van der Waals surface area contributed by atoms with Crippen LogP contribution in [-0.2, 0) is 6.42 Å². The second kappa shape index (κ2) is 4.66. The molecule has 0 aliphatic heterocycles. The highest BCUT2D eigenvalue weighted by molar-refractivity contribution is 9.09. The van der Waals surface area contributed by atoms with Crippen molar-refractivity contribution in [3.8, 4) is 0 Å². The maximum Gasteiger partial charge on any atom is 0.142 e.